The molecular formula is C14H16F8NO7S-. The Bertz CT molecular complexity index is 814. The lowest BCUT2D eigenvalue weighted by molar-refractivity contribution is -0.349. The molecule has 31 heavy (non-hydrogen) atoms. The van der Waals surface area contributed by atoms with Gasteiger partial charge in [0.05, 0.1) is 6.61 Å². The van der Waals surface area contributed by atoms with Crippen LogP contribution >= 0.6 is 0 Å². The number of esters is 1. The first-order valence-corrected chi connectivity index (χ1v) is 9.14. The van der Waals surface area contributed by atoms with Crippen molar-refractivity contribution in [3.63, 3.8) is 0 Å². The molecule has 0 aromatic carbocycles. The largest absolute Gasteiger partial charge is 0.743 e. The second kappa shape index (κ2) is 8.85. The summed E-state index contributed by atoms with van der Waals surface area (Å²) < 4.78 is 144. The molecule has 0 aliphatic rings. The molecule has 1 amide bonds. The number of carbonyl (C=O) groups is 2. The van der Waals surface area contributed by atoms with E-state index in [1.807, 2.05) is 0 Å². The second-order valence-corrected chi connectivity index (χ2v) is 8.38. The normalized spacial score (nSPS) is 15.7. The van der Waals surface area contributed by atoms with Crippen molar-refractivity contribution in [2.75, 3.05) is 6.61 Å². The van der Waals surface area contributed by atoms with Crippen LogP contribution in [0.4, 0.5) is 35.1 Å². The lowest BCUT2D eigenvalue weighted by atomic mass is 10.1. The predicted molar refractivity (Wildman–Crippen MR) is 83.2 cm³/mol. The summed E-state index contributed by atoms with van der Waals surface area (Å²) in [6, 6.07) is 0. The van der Waals surface area contributed by atoms with Gasteiger partial charge in [0.2, 0.25) is 0 Å². The Morgan fingerprint density at radius 1 is 1.00 bits per heavy atom. The minimum Gasteiger partial charge on any atom is -0.743 e. The van der Waals surface area contributed by atoms with Crippen molar-refractivity contribution in [1.29, 1.82) is 0 Å². The van der Waals surface area contributed by atoms with Crippen LogP contribution in [0.5, 0.6) is 0 Å². The fraction of sp³-hybridized carbons (Fsp3) is 0.714. The highest BCUT2D eigenvalue weighted by Gasteiger charge is 2.67. The predicted octanol–water partition coefficient (Wildman–Crippen LogP) is 2.37. The molecule has 0 saturated heterocycles. The van der Waals surface area contributed by atoms with Crippen molar-refractivity contribution in [1.82, 2.24) is 5.32 Å². The van der Waals surface area contributed by atoms with E-state index < -0.39 is 69.5 Å². The third-order valence-electron chi connectivity index (χ3n) is 3.05. The van der Waals surface area contributed by atoms with Crippen LogP contribution in [0.2, 0.25) is 0 Å². The number of rotatable bonds is 8. The minimum absolute atomic E-state index is 1.10. The van der Waals surface area contributed by atoms with Crippen molar-refractivity contribution < 1.29 is 67.2 Å². The third kappa shape index (κ3) is 7.57. The first-order valence-electron chi connectivity index (χ1n) is 7.73. The highest BCUT2D eigenvalue weighted by atomic mass is 32.2. The highest BCUT2D eigenvalue weighted by molar-refractivity contribution is 7.86. The standard InChI is InChI=1S/C14H17F8NO7S/c1-7(13(17,18)19)8(24)30-12(14(20,21)22,9(25)23-10(2,3)4)29-6-5-11(15,16)31(26,27)28/h1,5-6H2,2-4H3,(H,23,25)(H,26,27,28)/p-1. The van der Waals surface area contributed by atoms with Gasteiger partial charge in [0.15, 0.2) is 10.1 Å². The van der Waals surface area contributed by atoms with Crippen molar-refractivity contribution in [2.45, 2.75) is 56.1 Å². The van der Waals surface area contributed by atoms with Gasteiger partial charge in [-0.15, -0.1) is 0 Å². The third-order valence-corrected chi connectivity index (χ3v) is 3.99. The Hall–Kier alpha value is -2.01. The molecule has 0 bridgehead atoms. The van der Waals surface area contributed by atoms with Crippen LogP contribution in [0.15, 0.2) is 12.2 Å². The van der Waals surface area contributed by atoms with E-state index in [0.29, 0.717) is 0 Å². The van der Waals surface area contributed by atoms with Crippen LogP contribution in [-0.4, -0.2) is 60.4 Å². The van der Waals surface area contributed by atoms with Crippen LogP contribution in [0.3, 0.4) is 0 Å². The average Bonchev–Trinajstić information content (AvgIpc) is 2.47. The van der Waals surface area contributed by atoms with Crippen LogP contribution in [0.25, 0.3) is 0 Å². The van der Waals surface area contributed by atoms with Gasteiger partial charge in [-0.05, 0) is 20.8 Å². The van der Waals surface area contributed by atoms with Gasteiger partial charge in [-0.3, -0.25) is 4.79 Å². The van der Waals surface area contributed by atoms with Gasteiger partial charge < -0.3 is 19.3 Å². The van der Waals surface area contributed by atoms with Gasteiger partial charge in [-0.2, -0.15) is 35.1 Å². The fourth-order valence-corrected chi connectivity index (χ4v) is 1.91. The Balaban J connectivity index is 6.25. The smallest absolute Gasteiger partial charge is 0.466 e. The Morgan fingerprint density at radius 3 is 1.77 bits per heavy atom. The van der Waals surface area contributed by atoms with Gasteiger partial charge >= 0.3 is 35.3 Å². The van der Waals surface area contributed by atoms with E-state index >= 15 is 0 Å². The van der Waals surface area contributed by atoms with E-state index in [1.165, 1.54) is 0 Å². The number of hydrogen-bond acceptors (Lipinski definition) is 7. The summed E-state index contributed by atoms with van der Waals surface area (Å²) in [6.45, 7) is 3.42. The molecule has 0 heterocycles. The molecule has 17 heteroatoms. The Labute approximate surface area is 170 Å². The van der Waals surface area contributed by atoms with Crippen molar-refractivity contribution in [3.05, 3.63) is 12.2 Å². The maximum absolute atomic E-state index is 13.6. The molecule has 0 aromatic rings. The maximum atomic E-state index is 13.6. The summed E-state index contributed by atoms with van der Waals surface area (Å²) in [6.07, 6.45) is -14.0. The first-order chi connectivity index (χ1) is 13.4. The van der Waals surface area contributed by atoms with Crippen LogP contribution in [0, 0.1) is 0 Å². The number of alkyl halides is 8. The van der Waals surface area contributed by atoms with Crippen LogP contribution in [0.1, 0.15) is 27.2 Å². The SMILES string of the molecule is C=C(C(=O)OC(OCCC(F)(F)S(=O)(=O)[O-])(C(=O)NC(C)(C)C)C(F)(F)F)C(F)(F)F. The molecule has 1 atom stereocenters. The summed E-state index contributed by atoms with van der Waals surface area (Å²) in [5.41, 5.74) is -4.03. The minimum atomic E-state index is -6.38. The van der Waals surface area contributed by atoms with E-state index in [4.69, 9.17) is 0 Å². The quantitative estimate of drug-likeness (QED) is 0.181. The zero-order chi connectivity index (χ0) is 25.3. The van der Waals surface area contributed by atoms with Crippen LogP contribution in [-0.2, 0) is 29.2 Å². The molecule has 0 aliphatic carbocycles. The zero-order valence-corrected chi connectivity index (χ0v) is 16.7. The molecule has 1 unspecified atom stereocenters. The van der Waals surface area contributed by atoms with E-state index in [0.717, 1.165) is 20.8 Å². The fourth-order valence-electron chi connectivity index (χ4n) is 1.58. The average molecular weight is 494 g/mol. The van der Waals surface area contributed by atoms with Gasteiger partial charge in [-0.1, -0.05) is 6.58 Å². The van der Waals surface area contributed by atoms with Gasteiger partial charge in [-0.25, -0.2) is 13.2 Å². The van der Waals surface area contributed by atoms with Gasteiger partial charge in [0.25, 0.3) is 0 Å². The second-order valence-electron chi connectivity index (χ2n) is 6.87. The van der Waals surface area contributed by atoms with E-state index in [-0.39, 0.29) is 0 Å². The number of amides is 1. The Morgan fingerprint density at radius 2 is 1.45 bits per heavy atom. The van der Waals surface area contributed by atoms with Crippen molar-refractivity contribution >= 4 is 22.0 Å². The maximum Gasteiger partial charge on any atom is 0.466 e. The molecule has 0 fully saturated rings. The zero-order valence-electron chi connectivity index (χ0n) is 15.9. The summed E-state index contributed by atoms with van der Waals surface area (Å²) in [7, 11) is -6.38. The molecule has 0 rings (SSSR count). The van der Waals surface area contributed by atoms with Crippen molar-refractivity contribution in [2.24, 2.45) is 0 Å². The van der Waals surface area contributed by atoms with E-state index in [2.05, 4.69) is 16.1 Å². The van der Waals surface area contributed by atoms with Crippen LogP contribution < -0.4 is 5.32 Å². The van der Waals surface area contributed by atoms with E-state index in [9.17, 15) is 57.7 Å². The molecule has 0 spiro atoms. The number of hydrogen-bond donors (Lipinski definition) is 1. The summed E-state index contributed by atoms with van der Waals surface area (Å²) in [5, 5.41) is -3.59. The molecule has 182 valence electrons. The highest BCUT2D eigenvalue weighted by Crippen LogP contribution is 2.39. The molecule has 0 aromatic heterocycles. The molecule has 0 aliphatic heterocycles. The molecular weight excluding hydrogens is 478 g/mol. The summed E-state index contributed by atoms with van der Waals surface area (Å²) in [5.74, 6) is -10.2. The number of ether oxygens (including phenoxy) is 2. The Kier molecular flexibility index (Phi) is 8.28. The first kappa shape index (κ1) is 29.0. The molecule has 1 N–H and O–H groups in total. The lowest BCUT2D eigenvalue weighted by Crippen LogP contribution is -2.64. The van der Waals surface area contributed by atoms with Crippen molar-refractivity contribution in [3.8, 4) is 0 Å². The number of halogens is 8. The summed E-state index contributed by atoms with van der Waals surface area (Å²) >= 11 is 0. The molecule has 0 radical (unpaired) electrons. The topological polar surface area (TPSA) is 122 Å². The summed E-state index contributed by atoms with van der Waals surface area (Å²) in [4.78, 5) is 23.7. The number of nitrogens with one attached hydrogen (secondary N) is 1. The number of carbonyl (C=O) groups excluding carboxylic acids is 2. The molecule has 0 saturated carbocycles. The lowest BCUT2D eigenvalue weighted by Gasteiger charge is -2.36. The van der Waals surface area contributed by atoms with E-state index in [1.54, 1.807) is 5.32 Å². The monoisotopic (exact) mass is 494 g/mol. The van der Waals surface area contributed by atoms with Gasteiger partial charge in [0, 0.05) is 12.0 Å². The van der Waals surface area contributed by atoms with Gasteiger partial charge in [0.1, 0.15) is 5.57 Å². The molecule has 8 nitrogen and oxygen atoms in total.